The van der Waals surface area contributed by atoms with E-state index in [4.69, 9.17) is 0 Å². The second-order valence-corrected chi connectivity index (χ2v) is 4.13. The fourth-order valence-corrected chi connectivity index (χ4v) is 1.61. The highest BCUT2D eigenvalue weighted by molar-refractivity contribution is 7.15. The average Bonchev–Trinajstić information content (AvgIpc) is 2.65. The molecule has 0 bridgehead atoms. The maximum Gasteiger partial charge on any atom is 0.259 e. The molecule has 1 N–H and O–H groups in total. The summed E-state index contributed by atoms with van der Waals surface area (Å²) in [6.07, 6.45) is 1.17. The van der Waals surface area contributed by atoms with Crippen molar-refractivity contribution in [2.75, 3.05) is 5.32 Å². The van der Waals surface area contributed by atoms with Crippen LogP contribution in [0.25, 0.3) is 0 Å². The Morgan fingerprint density at radius 1 is 1.44 bits per heavy atom. The van der Waals surface area contributed by atoms with Crippen LogP contribution in [0.5, 0.6) is 0 Å². The van der Waals surface area contributed by atoms with Crippen molar-refractivity contribution in [3.8, 4) is 0 Å². The van der Waals surface area contributed by atoms with Gasteiger partial charge in [-0.15, -0.1) is 10.2 Å². The number of hydrogen-bond acceptors (Lipinski definition) is 5. The minimum Gasteiger partial charge on any atom is -0.296 e. The standard InChI is InChI=1S/C9H7FN4OS/c1-5-13-14-9(16-5)12-8(15)6-2-3-7(10)11-4-6/h2-4H,1H3,(H,12,14,15). The van der Waals surface area contributed by atoms with Gasteiger partial charge in [0.1, 0.15) is 5.01 Å². The number of amides is 1. The van der Waals surface area contributed by atoms with Crippen LogP contribution in [-0.2, 0) is 0 Å². The van der Waals surface area contributed by atoms with Gasteiger partial charge in [0.2, 0.25) is 11.1 Å². The molecule has 2 aromatic rings. The number of nitrogens with zero attached hydrogens (tertiary/aromatic N) is 3. The van der Waals surface area contributed by atoms with Crippen LogP contribution in [0, 0.1) is 12.9 Å². The monoisotopic (exact) mass is 238 g/mol. The number of halogens is 1. The van der Waals surface area contributed by atoms with E-state index in [1.807, 2.05) is 0 Å². The smallest absolute Gasteiger partial charge is 0.259 e. The molecule has 0 radical (unpaired) electrons. The number of aromatic nitrogens is 3. The molecule has 0 aliphatic carbocycles. The van der Waals surface area contributed by atoms with Gasteiger partial charge in [0.25, 0.3) is 5.91 Å². The van der Waals surface area contributed by atoms with Gasteiger partial charge in [0.05, 0.1) is 5.56 Å². The third-order valence-corrected chi connectivity index (χ3v) is 2.49. The van der Waals surface area contributed by atoms with Gasteiger partial charge < -0.3 is 0 Å². The summed E-state index contributed by atoms with van der Waals surface area (Å²) in [5.74, 6) is -1.01. The maximum absolute atomic E-state index is 12.5. The summed E-state index contributed by atoms with van der Waals surface area (Å²) in [5, 5.41) is 11.2. The lowest BCUT2D eigenvalue weighted by Gasteiger charge is -1.99. The quantitative estimate of drug-likeness (QED) is 0.807. The largest absolute Gasteiger partial charge is 0.296 e. The van der Waals surface area contributed by atoms with Gasteiger partial charge in [-0.1, -0.05) is 11.3 Å². The maximum atomic E-state index is 12.5. The molecule has 2 aromatic heterocycles. The van der Waals surface area contributed by atoms with Crippen LogP contribution in [0.2, 0.25) is 0 Å². The zero-order valence-corrected chi connectivity index (χ0v) is 9.08. The van der Waals surface area contributed by atoms with E-state index in [2.05, 4.69) is 20.5 Å². The van der Waals surface area contributed by atoms with Crippen LogP contribution in [0.1, 0.15) is 15.4 Å². The molecule has 82 valence electrons. The summed E-state index contributed by atoms with van der Waals surface area (Å²) >= 11 is 1.27. The fourth-order valence-electron chi connectivity index (χ4n) is 1.03. The number of nitrogens with one attached hydrogen (secondary N) is 1. The Labute approximate surface area is 94.4 Å². The minimum atomic E-state index is -0.622. The van der Waals surface area contributed by atoms with E-state index in [-0.39, 0.29) is 11.5 Å². The number of aryl methyl sites for hydroxylation is 1. The molecular formula is C9H7FN4OS. The summed E-state index contributed by atoms with van der Waals surface area (Å²) < 4.78 is 12.5. The van der Waals surface area contributed by atoms with E-state index in [1.54, 1.807) is 6.92 Å². The van der Waals surface area contributed by atoms with E-state index in [9.17, 15) is 9.18 Å². The highest BCUT2D eigenvalue weighted by atomic mass is 32.1. The molecule has 0 unspecified atom stereocenters. The summed E-state index contributed by atoms with van der Waals surface area (Å²) in [7, 11) is 0. The first-order chi connectivity index (χ1) is 7.65. The Morgan fingerprint density at radius 2 is 2.25 bits per heavy atom. The number of hydrogen-bond donors (Lipinski definition) is 1. The van der Waals surface area contributed by atoms with E-state index >= 15 is 0 Å². The number of pyridine rings is 1. The van der Waals surface area contributed by atoms with E-state index in [0.717, 1.165) is 11.1 Å². The van der Waals surface area contributed by atoms with E-state index in [1.165, 1.54) is 23.6 Å². The van der Waals surface area contributed by atoms with Gasteiger partial charge in [-0.2, -0.15) is 4.39 Å². The zero-order chi connectivity index (χ0) is 11.5. The lowest BCUT2D eigenvalue weighted by molar-refractivity contribution is 0.102. The van der Waals surface area contributed by atoms with Crippen LogP contribution in [0.4, 0.5) is 9.52 Å². The Hall–Kier alpha value is -1.89. The lowest BCUT2D eigenvalue weighted by Crippen LogP contribution is -2.12. The molecule has 2 heterocycles. The Kier molecular flexibility index (Phi) is 2.86. The van der Waals surface area contributed by atoms with E-state index < -0.39 is 5.95 Å². The van der Waals surface area contributed by atoms with Crippen LogP contribution >= 0.6 is 11.3 Å². The van der Waals surface area contributed by atoms with Gasteiger partial charge in [0.15, 0.2) is 0 Å². The molecule has 0 spiro atoms. The molecule has 1 amide bonds. The predicted molar refractivity (Wildman–Crippen MR) is 56.8 cm³/mol. The molecule has 2 rings (SSSR count). The Bertz CT molecular complexity index is 510. The number of rotatable bonds is 2. The highest BCUT2D eigenvalue weighted by Crippen LogP contribution is 2.14. The zero-order valence-electron chi connectivity index (χ0n) is 8.27. The molecule has 5 nitrogen and oxygen atoms in total. The molecular weight excluding hydrogens is 231 g/mol. The number of carbonyl (C=O) groups excluding carboxylic acids is 1. The van der Waals surface area contributed by atoms with Crippen molar-refractivity contribution in [2.24, 2.45) is 0 Å². The van der Waals surface area contributed by atoms with Crippen molar-refractivity contribution in [3.05, 3.63) is 34.8 Å². The van der Waals surface area contributed by atoms with Crippen molar-refractivity contribution in [1.82, 2.24) is 15.2 Å². The van der Waals surface area contributed by atoms with Gasteiger partial charge >= 0.3 is 0 Å². The highest BCUT2D eigenvalue weighted by Gasteiger charge is 2.09. The third kappa shape index (κ3) is 2.37. The van der Waals surface area contributed by atoms with Gasteiger partial charge in [0, 0.05) is 6.20 Å². The number of carbonyl (C=O) groups is 1. The van der Waals surface area contributed by atoms with Crippen LogP contribution in [0.15, 0.2) is 18.3 Å². The molecule has 0 atom stereocenters. The third-order valence-electron chi connectivity index (χ3n) is 1.74. The Balaban J connectivity index is 2.11. The lowest BCUT2D eigenvalue weighted by atomic mass is 10.3. The topological polar surface area (TPSA) is 67.8 Å². The molecule has 0 aromatic carbocycles. The van der Waals surface area contributed by atoms with Crippen molar-refractivity contribution >= 4 is 22.4 Å². The van der Waals surface area contributed by atoms with Crippen molar-refractivity contribution in [3.63, 3.8) is 0 Å². The van der Waals surface area contributed by atoms with Crippen molar-refractivity contribution < 1.29 is 9.18 Å². The summed E-state index contributed by atoms with van der Waals surface area (Å²) in [6, 6.07) is 2.48. The fraction of sp³-hybridized carbons (Fsp3) is 0.111. The van der Waals surface area contributed by atoms with E-state index in [0.29, 0.717) is 5.13 Å². The molecule has 0 saturated carbocycles. The molecule has 0 saturated heterocycles. The van der Waals surface area contributed by atoms with Crippen LogP contribution in [0.3, 0.4) is 0 Å². The number of anilines is 1. The van der Waals surface area contributed by atoms with Crippen molar-refractivity contribution in [2.45, 2.75) is 6.92 Å². The minimum absolute atomic E-state index is 0.272. The normalized spacial score (nSPS) is 10.1. The predicted octanol–water partition coefficient (Wildman–Crippen LogP) is 1.63. The summed E-state index contributed by atoms with van der Waals surface area (Å²) in [5.41, 5.74) is 0.272. The van der Waals surface area contributed by atoms with Crippen LogP contribution < -0.4 is 5.32 Å². The van der Waals surface area contributed by atoms with Crippen molar-refractivity contribution in [1.29, 1.82) is 0 Å². The van der Waals surface area contributed by atoms with Crippen LogP contribution in [-0.4, -0.2) is 21.1 Å². The molecule has 0 fully saturated rings. The van der Waals surface area contributed by atoms with Gasteiger partial charge in [-0.3, -0.25) is 10.1 Å². The average molecular weight is 238 g/mol. The first-order valence-electron chi connectivity index (χ1n) is 4.38. The second-order valence-electron chi connectivity index (χ2n) is 2.95. The molecule has 7 heteroatoms. The Morgan fingerprint density at radius 3 is 2.81 bits per heavy atom. The molecule has 0 aliphatic rings. The summed E-state index contributed by atoms with van der Waals surface area (Å²) in [6.45, 7) is 1.78. The summed E-state index contributed by atoms with van der Waals surface area (Å²) in [4.78, 5) is 15.0. The SMILES string of the molecule is Cc1nnc(NC(=O)c2ccc(F)nc2)s1. The second kappa shape index (κ2) is 4.31. The van der Waals surface area contributed by atoms with Gasteiger partial charge in [-0.25, -0.2) is 4.98 Å². The molecule has 0 aliphatic heterocycles. The first-order valence-corrected chi connectivity index (χ1v) is 5.20. The van der Waals surface area contributed by atoms with Gasteiger partial charge in [-0.05, 0) is 19.1 Å². The first kappa shape index (κ1) is 10.6. The molecule has 16 heavy (non-hydrogen) atoms.